The van der Waals surface area contributed by atoms with E-state index < -0.39 is 8.80 Å². The fourth-order valence-corrected chi connectivity index (χ4v) is 8.64. The number of ketones is 1. The second-order valence-corrected chi connectivity index (χ2v) is 14.1. The van der Waals surface area contributed by atoms with Crippen LogP contribution in [0.5, 0.6) is 0 Å². The summed E-state index contributed by atoms with van der Waals surface area (Å²) in [6, 6.07) is 0.690. The molecule has 0 aromatic carbocycles. The molecule has 0 aliphatic rings. The molecule has 0 N–H and O–H groups in total. The Labute approximate surface area is 235 Å². The number of Topliss-reactive ketones (excluding diaryl/α,β-unsaturated/α-hetero) is 1. The zero-order valence-electron chi connectivity index (χ0n) is 25.1. The van der Waals surface area contributed by atoms with Crippen molar-refractivity contribution < 1.29 is 22.9 Å². The first kappa shape index (κ1) is 36.8. The van der Waals surface area contributed by atoms with Gasteiger partial charge in [-0.3, -0.25) is 9.59 Å². The molecular weight excluding hydrogens is 500 g/mol. The van der Waals surface area contributed by atoms with Crippen LogP contribution in [0.15, 0.2) is 0 Å². The molecule has 0 aromatic rings. The normalized spacial score (nSPS) is 12.7. The van der Waals surface area contributed by atoms with E-state index in [0.29, 0.717) is 32.3 Å². The van der Waals surface area contributed by atoms with E-state index in [1.165, 1.54) is 88.8 Å². The SMILES string of the molecule is CCCCCCCCCCCCC(=O)C(=O)SC(CCCCCCC)CC[Si](OCC)(OCC)OCC. The van der Waals surface area contributed by atoms with E-state index in [1.54, 1.807) is 0 Å². The predicted octanol–water partition coefficient (Wildman–Crippen LogP) is 9.29. The highest BCUT2D eigenvalue weighted by atomic mass is 32.2. The average molecular weight is 561 g/mol. The second-order valence-electron chi connectivity index (χ2n) is 10.1. The van der Waals surface area contributed by atoms with E-state index in [-0.39, 0.29) is 16.1 Å². The van der Waals surface area contributed by atoms with Gasteiger partial charge in [-0.15, -0.1) is 0 Å². The molecule has 0 rings (SSSR count). The summed E-state index contributed by atoms with van der Waals surface area (Å²) in [7, 11) is -2.75. The van der Waals surface area contributed by atoms with Crippen molar-refractivity contribution in [2.45, 2.75) is 161 Å². The highest BCUT2D eigenvalue weighted by Crippen LogP contribution is 2.29. The Balaban J connectivity index is 4.62. The van der Waals surface area contributed by atoms with Crippen LogP contribution in [0, 0.1) is 0 Å². The smallest absolute Gasteiger partial charge is 0.374 e. The monoisotopic (exact) mass is 560 g/mol. The highest BCUT2D eigenvalue weighted by molar-refractivity contribution is 8.15. The van der Waals surface area contributed by atoms with Gasteiger partial charge in [0.15, 0.2) is 0 Å². The van der Waals surface area contributed by atoms with Crippen molar-refractivity contribution in [3.8, 4) is 0 Å². The van der Waals surface area contributed by atoms with Crippen molar-refractivity contribution in [3.63, 3.8) is 0 Å². The largest absolute Gasteiger partial charge is 0.500 e. The number of carbonyl (C=O) groups excluding carboxylic acids is 2. The lowest BCUT2D eigenvalue weighted by Gasteiger charge is -2.29. The first-order chi connectivity index (χ1) is 18.0. The standard InChI is InChI=1S/C30H60O5SSi/c1-6-11-13-15-16-17-18-19-21-23-25-29(31)30(32)36-28(24-22-20-14-12-7-2)26-27-37(33-8-3,34-9-4)35-10-5/h28H,6-27H2,1-5H3. The van der Waals surface area contributed by atoms with Crippen LogP contribution in [0.25, 0.3) is 0 Å². The molecule has 0 saturated heterocycles. The van der Waals surface area contributed by atoms with Crippen molar-refractivity contribution in [3.05, 3.63) is 0 Å². The van der Waals surface area contributed by atoms with Crippen molar-refractivity contribution >= 4 is 31.5 Å². The maximum Gasteiger partial charge on any atom is 0.500 e. The molecule has 1 unspecified atom stereocenters. The van der Waals surface area contributed by atoms with E-state index in [0.717, 1.165) is 32.1 Å². The van der Waals surface area contributed by atoms with Crippen LogP contribution < -0.4 is 0 Å². The van der Waals surface area contributed by atoms with E-state index in [2.05, 4.69) is 13.8 Å². The topological polar surface area (TPSA) is 61.8 Å². The Morgan fingerprint density at radius 1 is 0.595 bits per heavy atom. The summed E-state index contributed by atoms with van der Waals surface area (Å²) in [5, 5.41) is -0.148. The minimum absolute atomic E-state index is 0.110. The van der Waals surface area contributed by atoms with E-state index in [1.807, 2.05) is 20.8 Å². The Morgan fingerprint density at radius 3 is 1.49 bits per heavy atom. The molecule has 0 radical (unpaired) electrons. The third kappa shape index (κ3) is 20.4. The maximum atomic E-state index is 12.8. The Bertz CT molecular complexity index is 529. The van der Waals surface area contributed by atoms with Gasteiger partial charge in [0.1, 0.15) is 0 Å². The number of thioether (sulfide) groups is 1. The fourth-order valence-electron chi connectivity index (χ4n) is 4.67. The molecule has 220 valence electrons. The molecule has 0 saturated carbocycles. The van der Waals surface area contributed by atoms with Gasteiger partial charge < -0.3 is 13.3 Å². The number of hydrogen-bond acceptors (Lipinski definition) is 6. The molecule has 0 fully saturated rings. The molecule has 0 heterocycles. The van der Waals surface area contributed by atoms with E-state index in [4.69, 9.17) is 13.3 Å². The third-order valence-electron chi connectivity index (χ3n) is 6.75. The predicted molar refractivity (Wildman–Crippen MR) is 161 cm³/mol. The molecule has 0 aromatic heterocycles. The Morgan fingerprint density at radius 2 is 1.03 bits per heavy atom. The van der Waals surface area contributed by atoms with Gasteiger partial charge in [-0.1, -0.05) is 116 Å². The van der Waals surface area contributed by atoms with Gasteiger partial charge in [-0.2, -0.15) is 0 Å². The molecular formula is C30H60O5SSi. The summed E-state index contributed by atoms with van der Waals surface area (Å²) in [4.78, 5) is 25.4. The number of carbonyl (C=O) groups is 2. The van der Waals surface area contributed by atoms with Crippen LogP contribution in [0.1, 0.15) is 150 Å². The second kappa shape index (κ2) is 26.0. The lowest BCUT2D eigenvalue weighted by Crippen LogP contribution is -2.46. The average Bonchev–Trinajstić information content (AvgIpc) is 2.88. The van der Waals surface area contributed by atoms with Gasteiger partial charge in [0, 0.05) is 37.5 Å². The van der Waals surface area contributed by atoms with Crippen LogP contribution in [0.4, 0.5) is 0 Å². The molecule has 0 spiro atoms. The summed E-state index contributed by atoms with van der Waals surface area (Å²) in [5.74, 6) is -0.205. The summed E-state index contributed by atoms with van der Waals surface area (Å²) in [6.07, 6.45) is 20.3. The summed E-state index contributed by atoms with van der Waals surface area (Å²) < 4.78 is 18.1. The zero-order valence-corrected chi connectivity index (χ0v) is 26.9. The van der Waals surface area contributed by atoms with Crippen LogP contribution >= 0.6 is 11.8 Å². The first-order valence-electron chi connectivity index (χ1n) is 15.6. The molecule has 0 bridgehead atoms. The lowest BCUT2D eigenvalue weighted by molar-refractivity contribution is -0.131. The molecule has 7 heteroatoms. The zero-order chi connectivity index (χ0) is 27.6. The highest BCUT2D eigenvalue weighted by Gasteiger charge is 2.40. The summed E-state index contributed by atoms with van der Waals surface area (Å²) in [5.41, 5.74) is 0. The van der Waals surface area contributed by atoms with E-state index in [9.17, 15) is 9.59 Å². The van der Waals surface area contributed by atoms with Crippen molar-refractivity contribution in [2.75, 3.05) is 19.8 Å². The molecule has 0 aliphatic heterocycles. The van der Waals surface area contributed by atoms with Crippen LogP contribution in [0.3, 0.4) is 0 Å². The van der Waals surface area contributed by atoms with Crippen LogP contribution in [0.2, 0.25) is 6.04 Å². The van der Waals surface area contributed by atoms with Crippen molar-refractivity contribution in [1.82, 2.24) is 0 Å². The lowest BCUT2D eigenvalue weighted by atomic mass is 10.1. The minimum atomic E-state index is -2.75. The molecule has 37 heavy (non-hydrogen) atoms. The Hall–Kier alpha value is -0.213. The molecule has 1 atom stereocenters. The van der Waals surface area contributed by atoms with Crippen LogP contribution in [-0.4, -0.2) is 44.8 Å². The van der Waals surface area contributed by atoms with Gasteiger partial charge in [-0.05, 0) is 40.0 Å². The minimum Gasteiger partial charge on any atom is -0.374 e. The third-order valence-corrected chi connectivity index (χ3v) is 11.1. The molecule has 0 amide bonds. The van der Waals surface area contributed by atoms with Gasteiger partial charge >= 0.3 is 8.80 Å². The molecule has 5 nitrogen and oxygen atoms in total. The number of hydrogen-bond donors (Lipinski definition) is 0. The van der Waals surface area contributed by atoms with Crippen LogP contribution in [-0.2, 0) is 22.9 Å². The van der Waals surface area contributed by atoms with Gasteiger partial charge in [0.2, 0.25) is 5.78 Å². The number of unbranched alkanes of at least 4 members (excludes halogenated alkanes) is 13. The maximum absolute atomic E-state index is 12.8. The fraction of sp³-hybridized carbons (Fsp3) is 0.933. The van der Waals surface area contributed by atoms with Gasteiger partial charge in [0.25, 0.3) is 5.12 Å². The Kier molecular flexibility index (Phi) is 25.9. The van der Waals surface area contributed by atoms with Gasteiger partial charge in [0.05, 0.1) is 0 Å². The molecule has 0 aliphatic carbocycles. The summed E-state index contributed by atoms with van der Waals surface area (Å²) >= 11 is 1.26. The van der Waals surface area contributed by atoms with Crippen molar-refractivity contribution in [2.24, 2.45) is 0 Å². The summed E-state index contributed by atoms with van der Waals surface area (Å²) in [6.45, 7) is 12.0. The quantitative estimate of drug-likeness (QED) is 0.0540. The van der Waals surface area contributed by atoms with Crippen molar-refractivity contribution in [1.29, 1.82) is 0 Å². The number of rotatable bonds is 28. The van der Waals surface area contributed by atoms with Gasteiger partial charge in [-0.25, -0.2) is 0 Å². The van der Waals surface area contributed by atoms with E-state index >= 15 is 0 Å². The first-order valence-corrected chi connectivity index (χ1v) is 18.4.